The number of nitrogens with zero attached hydrogens (tertiary/aromatic N) is 1. The van der Waals surface area contributed by atoms with Crippen molar-refractivity contribution in [3.05, 3.63) is 58.8 Å². The van der Waals surface area contributed by atoms with Gasteiger partial charge in [-0.15, -0.1) is 0 Å². The van der Waals surface area contributed by atoms with Crippen LogP contribution in [0.4, 0.5) is 13.2 Å². The summed E-state index contributed by atoms with van der Waals surface area (Å²) in [4.78, 5) is 12.2. The van der Waals surface area contributed by atoms with Crippen LogP contribution in [0.15, 0.2) is 36.4 Å². The van der Waals surface area contributed by atoms with Gasteiger partial charge in [0.15, 0.2) is 18.1 Å². The van der Waals surface area contributed by atoms with E-state index in [9.17, 15) is 23.1 Å². The zero-order chi connectivity index (χ0) is 27.2. The summed E-state index contributed by atoms with van der Waals surface area (Å²) in [6, 6.07) is 10.7. The molecule has 0 aliphatic rings. The molecule has 3 rings (SSSR count). The molecule has 7 nitrogen and oxygen atoms in total. The summed E-state index contributed by atoms with van der Waals surface area (Å²) in [6.45, 7) is 5.72. The number of alkyl halides is 3. The van der Waals surface area contributed by atoms with E-state index in [2.05, 4.69) is 5.32 Å². The molecule has 0 aliphatic carbocycles. The van der Waals surface area contributed by atoms with Crippen LogP contribution in [-0.2, 0) is 13.0 Å². The molecule has 2 aromatic carbocycles. The van der Waals surface area contributed by atoms with Crippen molar-refractivity contribution >= 4 is 16.8 Å². The molecule has 0 aliphatic heterocycles. The van der Waals surface area contributed by atoms with E-state index >= 15 is 0 Å². The van der Waals surface area contributed by atoms with Crippen LogP contribution in [0, 0.1) is 13.8 Å². The van der Waals surface area contributed by atoms with Crippen LogP contribution in [0.3, 0.4) is 0 Å². The Hall–Kier alpha value is -3.24. The summed E-state index contributed by atoms with van der Waals surface area (Å²) in [6.07, 6.45) is -3.23. The highest BCUT2D eigenvalue weighted by Crippen LogP contribution is 2.30. The van der Waals surface area contributed by atoms with Crippen molar-refractivity contribution in [2.24, 2.45) is 5.73 Å². The maximum Gasteiger partial charge on any atom is 0.422 e. The van der Waals surface area contributed by atoms with Gasteiger partial charge in [-0.3, -0.25) is 4.79 Å². The molecule has 202 valence electrons. The van der Waals surface area contributed by atoms with E-state index in [4.69, 9.17) is 15.2 Å². The van der Waals surface area contributed by atoms with Gasteiger partial charge in [-0.05, 0) is 75.1 Å². The molecule has 1 amide bonds. The van der Waals surface area contributed by atoms with Crippen LogP contribution in [-0.4, -0.2) is 54.2 Å². The number of carbonyl (C=O) groups excluding carboxylic acids is 1. The lowest BCUT2D eigenvalue weighted by Crippen LogP contribution is -2.32. The zero-order valence-electron chi connectivity index (χ0n) is 21.3. The number of benzene rings is 2. The van der Waals surface area contributed by atoms with Crippen molar-refractivity contribution in [1.29, 1.82) is 0 Å². The third-order valence-corrected chi connectivity index (χ3v) is 5.95. The van der Waals surface area contributed by atoms with Crippen LogP contribution in [0.5, 0.6) is 11.5 Å². The number of nitrogens with two attached hydrogens (primary N) is 1. The molecule has 4 N–H and O–H groups in total. The first kappa shape index (κ1) is 28.3. The molecule has 1 heterocycles. The number of aliphatic hydroxyl groups is 1. The summed E-state index contributed by atoms with van der Waals surface area (Å²) < 4.78 is 50.2. The van der Waals surface area contributed by atoms with Crippen molar-refractivity contribution < 1.29 is 32.5 Å². The van der Waals surface area contributed by atoms with Gasteiger partial charge < -0.3 is 30.2 Å². The Kier molecular flexibility index (Phi) is 9.45. The first-order chi connectivity index (χ1) is 17.5. The number of halogens is 3. The van der Waals surface area contributed by atoms with Crippen molar-refractivity contribution in [3.8, 4) is 11.5 Å². The molecule has 10 heteroatoms. The quantitative estimate of drug-likeness (QED) is 0.292. The van der Waals surface area contributed by atoms with Gasteiger partial charge in [-0.2, -0.15) is 13.2 Å². The number of nitrogens with one attached hydrogen (secondary N) is 1. The maximum atomic E-state index is 12.5. The lowest BCUT2D eigenvalue weighted by molar-refractivity contribution is -0.153. The Labute approximate surface area is 214 Å². The fourth-order valence-electron chi connectivity index (χ4n) is 4.33. The predicted molar refractivity (Wildman–Crippen MR) is 136 cm³/mol. The first-order valence-corrected chi connectivity index (χ1v) is 12.2. The van der Waals surface area contributed by atoms with Crippen molar-refractivity contribution in [1.82, 2.24) is 9.88 Å². The minimum atomic E-state index is -4.43. The van der Waals surface area contributed by atoms with Gasteiger partial charge in [0, 0.05) is 36.8 Å². The zero-order valence-corrected chi connectivity index (χ0v) is 21.3. The van der Waals surface area contributed by atoms with E-state index in [-0.39, 0.29) is 30.8 Å². The third-order valence-electron chi connectivity index (χ3n) is 5.95. The first-order valence-electron chi connectivity index (χ1n) is 12.2. The molecular formula is C27H34F3N3O4. The summed E-state index contributed by atoms with van der Waals surface area (Å²) >= 11 is 0. The number of fused-ring (bicyclic) bond motifs is 1. The second kappa shape index (κ2) is 12.3. The van der Waals surface area contributed by atoms with E-state index in [0.717, 1.165) is 27.7 Å². The molecule has 1 aromatic heterocycles. The van der Waals surface area contributed by atoms with Gasteiger partial charge in [0.25, 0.3) is 5.91 Å². The van der Waals surface area contributed by atoms with Crippen molar-refractivity contribution in [2.75, 3.05) is 26.4 Å². The Bertz CT molecular complexity index is 1220. The Morgan fingerprint density at radius 3 is 2.57 bits per heavy atom. The number of aliphatic hydroxyl groups excluding tert-OH is 1. The molecule has 0 unspecified atom stereocenters. The van der Waals surface area contributed by atoms with Gasteiger partial charge in [-0.1, -0.05) is 6.07 Å². The predicted octanol–water partition coefficient (Wildman–Crippen LogP) is 4.28. The third kappa shape index (κ3) is 7.87. The minimum absolute atomic E-state index is 0.0257. The molecule has 0 bridgehead atoms. The standard InChI is InChI=1S/C27H34F3N3O4/c1-17-5-6-23(37-16-27(28,29)30)24(11-17)36-10-7-32-18(2)12-20-14-21-13-19(3)33(8-4-9-34)25(21)22(15-20)26(31)35/h5-6,11,13-15,18,32,34H,4,7-10,12,16H2,1-3H3,(H2,31,35)/t18-/m1/s1. The molecule has 0 fully saturated rings. The van der Waals surface area contributed by atoms with Gasteiger partial charge in [0.1, 0.15) is 6.61 Å². The van der Waals surface area contributed by atoms with Crippen LogP contribution >= 0.6 is 0 Å². The normalized spacial score (nSPS) is 12.6. The number of carbonyl (C=O) groups is 1. The summed E-state index contributed by atoms with van der Waals surface area (Å²) in [5.74, 6) is -0.202. The largest absolute Gasteiger partial charge is 0.488 e. The number of hydrogen-bond acceptors (Lipinski definition) is 5. The number of hydrogen-bond donors (Lipinski definition) is 3. The van der Waals surface area contributed by atoms with Crippen LogP contribution in [0.1, 0.15) is 40.5 Å². The fraction of sp³-hybridized carbons (Fsp3) is 0.444. The number of ether oxygens (including phenoxy) is 2. The molecule has 0 saturated carbocycles. The average molecular weight is 522 g/mol. The molecule has 3 aromatic rings. The lowest BCUT2D eigenvalue weighted by Gasteiger charge is -2.17. The molecule has 37 heavy (non-hydrogen) atoms. The highest BCUT2D eigenvalue weighted by atomic mass is 19.4. The smallest absolute Gasteiger partial charge is 0.422 e. The van der Waals surface area contributed by atoms with Crippen molar-refractivity contribution in [3.63, 3.8) is 0 Å². The highest BCUT2D eigenvalue weighted by molar-refractivity contribution is 6.05. The van der Waals surface area contributed by atoms with Gasteiger partial charge in [0.2, 0.25) is 0 Å². The van der Waals surface area contributed by atoms with E-state index in [1.54, 1.807) is 12.1 Å². The Morgan fingerprint density at radius 2 is 1.89 bits per heavy atom. The van der Waals surface area contributed by atoms with Gasteiger partial charge in [-0.25, -0.2) is 0 Å². The lowest BCUT2D eigenvalue weighted by atomic mass is 10.0. The van der Waals surface area contributed by atoms with Crippen molar-refractivity contribution in [2.45, 2.75) is 52.4 Å². The second-order valence-electron chi connectivity index (χ2n) is 9.22. The Morgan fingerprint density at radius 1 is 1.14 bits per heavy atom. The molecule has 0 radical (unpaired) electrons. The van der Waals surface area contributed by atoms with Crippen LogP contribution < -0.4 is 20.5 Å². The number of rotatable bonds is 13. The van der Waals surface area contributed by atoms with Crippen LogP contribution in [0.2, 0.25) is 0 Å². The van der Waals surface area contributed by atoms with E-state index in [1.165, 1.54) is 6.07 Å². The SMILES string of the molecule is Cc1ccc(OCC(F)(F)F)c(OCCN[C@H](C)Cc2cc(C(N)=O)c3c(c2)cc(C)n3CCCO)c1. The molecular weight excluding hydrogens is 487 g/mol. The average Bonchev–Trinajstić information content (AvgIpc) is 3.13. The molecule has 1 atom stereocenters. The van der Waals surface area contributed by atoms with E-state index < -0.39 is 18.7 Å². The second-order valence-corrected chi connectivity index (χ2v) is 9.22. The van der Waals surface area contributed by atoms with Gasteiger partial charge >= 0.3 is 6.18 Å². The maximum absolute atomic E-state index is 12.5. The minimum Gasteiger partial charge on any atom is -0.488 e. The number of aromatic nitrogens is 1. The van der Waals surface area contributed by atoms with Crippen LogP contribution in [0.25, 0.3) is 10.9 Å². The summed E-state index contributed by atoms with van der Waals surface area (Å²) in [5, 5.41) is 13.5. The Balaban J connectivity index is 1.62. The van der Waals surface area contributed by atoms with Gasteiger partial charge in [0.05, 0.1) is 11.1 Å². The summed E-state index contributed by atoms with van der Waals surface area (Å²) in [7, 11) is 0. The molecule has 0 spiro atoms. The van der Waals surface area contributed by atoms with E-state index in [0.29, 0.717) is 31.5 Å². The number of amides is 1. The number of aryl methyl sites for hydroxylation is 3. The fourth-order valence-corrected chi connectivity index (χ4v) is 4.33. The van der Waals surface area contributed by atoms with E-state index in [1.807, 2.05) is 43.5 Å². The number of primary amides is 1. The highest BCUT2D eigenvalue weighted by Gasteiger charge is 2.29. The topological polar surface area (TPSA) is 98.7 Å². The summed E-state index contributed by atoms with van der Waals surface area (Å²) in [5.41, 5.74) is 9.70. The molecule has 0 saturated heterocycles. The monoisotopic (exact) mass is 521 g/mol.